The maximum Gasteiger partial charge on any atom is 0.153 e. The molecular formula is C16H24B2O2. The van der Waals surface area contributed by atoms with Gasteiger partial charge in [0.25, 0.3) is 0 Å². The molecular weight excluding hydrogens is 246 g/mol. The van der Waals surface area contributed by atoms with Crippen LogP contribution in [0.4, 0.5) is 0 Å². The van der Waals surface area contributed by atoms with Gasteiger partial charge in [-0.25, -0.2) is 0 Å². The summed E-state index contributed by atoms with van der Waals surface area (Å²) in [5.74, 6) is 0.182. The van der Waals surface area contributed by atoms with Gasteiger partial charge in [-0.05, 0) is 21.8 Å². The molecule has 1 aliphatic rings. The lowest BCUT2D eigenvalue weighted by atomic mass is 9.58. The number of aromatic hydroxyl groups is 1. The van der Waals surface area contributed by atoms with Gasteiger partial charge in [0.1, 0.15) is 21.4 Å². The summed E-state index contributed by atoms with van der Waals surface area (Å²) in [5, 5.41) is 10.7. The van der Waals surface area contributed by atoms with E-state index in [9.17, 15) is 9.90 Å². The highest BCUT2D eigenvalue weighted by Gasteiger charge is 2.58. The van der Waals surface area contributed by atoms with Crippen LogP contribution in [-0.2, 0) is 10.8 Å². The summed E-state index contributed by atoms with van der Waals surface area (Å²) >= 11 is 0. The van der Waals surface area contributed by atoms with E-state index in [1.54, 1.807) is 0 Å². The number of phenolic OH excluding ortho intramolecular Hbond substituents is 1. The Labute approximate surface area is 123 Å². The lowest BCUT2D eigenvalue weighted by Crippen LogP contribution is -2.44. The number of carbonyl (C=O) groups excluding carboxylic acids is 1. The molecule has 1 aromatic carbocycles. The average molecular weight is 270 g/mol. The van der Waals surface area contributed by atoms with E-state index < -0.39 is 0 Å². The van der Waals surface area contributed by atoms with Gasteiger partial charge < -0.3 is 5.11 Å². The van der Waals surface area contributed by atoms with Crippen molar-refractivity contribution in [1.29, 1.82) is 0 Å². The Hall–Kier alpha value is -1.18. The number of benzene rings is 1. The predicted octanol–water partition coefficient (Wildman–Crippen LogP) is 0.317. The van der Waals surface area contributed by atoms with Gasteiger partial charge in [-0.15, -0.1) is 0 Å². The largest absolute Gasteiger partial charge is 0.507 e. The first-order valence-corrected chi connectivity index (χ1v) is 7.25. The Morgan fingerprint density at radius 1 is 0.900 bits per heavy atom. The molecule has 0 heterocycles. The zero-order chi connectivity index (χ0) is 15.7. The molecule has 2 nitrogen and oxygen atoms in total. The molecule has 4 heteroatoms. The maximum absolute atomic E-state index is 11.4. The molecule has 0 fully saturated rings. The fourth-order valence-corrected chi connectivity index (χ4v) is 3.95. The van der Waals surface area contributed by atoms with Crippen molar-refractivity contribution in [3.8, 4) is 5.75 Å². The third kappa shape index (κ3) is 1.40. The van der Waals surface area contributed by atoms with E-state index in [4.69, 9.17) is 0 Å². The van der Waals surface area contributed by atoms with E-state index in [0.717, 1.165) is 22.8 Å². The van der Waals surface area contributed by atoms with Crippen LogP contribution in [-0.4, -0.2) is 27.1 Å². The van der Waals surface area contributed by atoms with Crippen molar-refractivity contribution in [2.75, 3.05) is 0 Å². The Balaban J connectivity index is 3.05. The maximum atomic E-state index is 11.4. The average Bonchev–Trinajstić information content (AvgIpc) is 2.42. The Morgan fingerprint density at radius 3 is 1.80 bits per heavy atom. The number of hydrogen-bond donors (Lipinski definition) is 1. The van der Waals surface area contributed by atoms with Crippen LogP contribution in [0, 0.1) is 5.41 Å². The minimum Gasteiger partial charge on any atom is -0.507 e. The number of hydrogen-bond acceptors (Lipinski definition) is 2. The van der Waals surface area contributed by atoms with Gasteiger partial charge in [0, 0.05) is 11.1 Å². The Bertz CT molecular complexity index is 614. The molecule has 1 N–H and O–H groups in total. The van der Waals surface area contributed by atoms with Crippen molar-refractivity contribution < 1.29 is 9.90 Å². The molecule has 0 unspecified atom stereocenters. The van der Waals surface area contributed by atoms with Crippen LogP contribution in [0.5, 0.6) is 5.75 Å². The Kier molecular flexibility index (Phi) is 2.99. The molecule has 0 bridgehead atoms. The molecule has 0 atom stereocenters. The SMILES string of the molecule is Bc1c(B)c2c(c(O)c1C=O)C(C)(C)C(C)(C)C2(C)C. The highest BCUT2D eigenvalue weighted by atomic mass is 16.3. The molecule has 0 saturated carbocycles. The lowest BCUT2D eigenvalue weighted by molar-refractivity contribution is 0.112. The van der Waals surface area contributed by atoms with Crippen LogP contribution in [0.25, 0.3) is 0 Å². The highest BCUT2D eigenvalue weighted by molar-refractivity contribution is 6.51. The number of aldehydes is 1. The van der Waals surface area contributed by atoms with Gasteiger partial charge in [-0.3, -0.25) is 4.79 Å². The molecule has 0 aromatic heterocycles. The monoisotopic (exact) mass is 270 g/mol. The van der Waals surface area contributed by atoms with E-state index in [1.165, 1.54) is 5.56 Å². The second-order valence-corrected chi connectivity index (χ2v) is 7.76. The smallest absolute Gasteiger partial charge is 0.153 e. The van der Waals surface area contributed by atoms with Gasteiger partial charge in [0.2, 0.25) is 0 Å². The Morgan fingerprint density at radius 2 is 1.35 bits per heavy atom. The predicted molar refractivity (Wildman–Crippen MR) is 89.7 cm³/mol. The first-order chi connectivity index (χ1) is 8.92. The molecule has 0 radical (unpaired) electrons. The second-order valence-electron chi connectivity index (χ2n) is 7.76. The summed E-state index contributed by atoms with van der Waals surface area (Å²) < 4.78 is 0. The topological polar surface area (TPSA) is 37.3 Å². The van der Waals surface area contributed by atoms with Crippen molar-refractivity contribution >= 4 is 32.9 Å². The number of rotatable bonds is 1. The first-order valence-electron chi connectivity index (χ1n) is 7.25. The van der Waals surface area contributed by atoms with Gasteiger partial charge in [0.05, 0.1) is 0 Å². The van der Waals surface area contributed by atoms with Gasteiger partial charge >= 0.3 is 0 Å². The molecule has 0 saturated heterocycles. The van der Waals surface area contributed by atoms with Gasteiger partial charge in [-0.1, -0.05) is 52.5 Å². The normalized spacial score (nSPS) is 21.5. The fourth-order valence-electron chi connectivity index (χ4n) is 3.95. The van der Waals surface area contributed by atoms with Gasteiger partial charge in [0.15, 0.2) is 6.29 Å². The summed E-state index contributed by atoms with van der Waals surface area (Å²) in [6, 6.07) is 0. The van der Waals surface area contributed by atoms with Crippen LogP contribution < -0.4 is 10.9 Å². The molecule has 1 aromatic rings. The van der Waals surface area contributed by atoms with Gasteiger partial charge in [-0.2, -0.15) is 0 Å². The zero-order valence-corrected chi connectivity index (χ0v) is 13.9. The van der Waals surface area contributed by atoms with E-state index in [0.29, 0.717) is 5.56 Å². The van der Waals surface area contributed by atoms with Crippen LogP contribution in [0.1, 0.15) is 63.0 Å². The van der Waals surface area contributed by atoms with E-state index in [-0.39, 0.29) is 22.0 Å². The van der Waals surface area contributed by atoms with Crippen LogP contribution in [0.3, 0.4) is 0 Å². The highest BCUT2D eigenvalue weighted by Crippen LogP contribution is 2.62. The van der Waals surface area contributed by atoms with E-state index >= 15 is 0 Å². The minimum atomic E-state index is -0.188. The number of phenols is 1. The number of fused-ring (bicyclic) bond motifs is 1. The quantitative estimate of drug-likeness (QED) is 0.589. The molecule has 0 aliphatic heterocycles. The second kappa shape index (κ2) is 3.93. The van der Waals surface area contributed by atoms with E-state index in [2.05, 4.69) is 49.4 Å². The molecule has 20 heavy (non-hydrogen) atoms. The van der Waals surface area contributed by atoms with Crippen molar-refractivity contribution in [2.24, 2.45) is 5.41 Å². The molecule has 106 valence electrons. The van der Waals surface area contributed by atoms with Crippen molar-refractivity contribution in [3.63, 3.8) is 0 Å². The third-order valence-electron chi connectivity index (χ3n) is 6.58. The lowest BCUT2D eigenvalue weighted by Gasteiger charge is -2.44. The van der Waals surface area contributed by atoms with Crippen LogP contribution in [0.2, 0.25) is 0 Å². The van der Waals surface area contributed by atoms with E-state index in [1.807, 2.05) is 7.85 Å². The third-order valence-corrected chi connectivity index (χ3v) is 6.58. The fraction of sp³-hybridized carbons (Fsp3) is 0.562. The summed E-state index contributed by atoms with van der Waals surface area (Å²) in [4.78, 5) is 11.4. The number of carbonyl (C=O) groups is 1. The summed E-state index contributed by atoms with van der Waals surface area (Å²) in [6.07, 6.45) is 0.784. The summed E-state index contributed by atoms with van der Waals surface area (Å²) in [7, 11) is 3.99. The van der Waals surface area contributed by atoms with Crippen LogP contribution in [0.15, 0.2) is 0 Å². The van der Waals surface area contributed by atoms with Crippen molar-refractivity contribution in [1.82, 2.24) is 0 Å². The van der Waals surface area contributed by atoms with Crippen LogP contribution >= 0.6 is 0 Å². The zero-order valence-electron chi connectivity index (χ0n) is 13.9. The molecule has 1 aliphatic carbocycles. The molecule has 0 amide bonds. The van der Waals surface area contributed by atoms with Crippen molar-refractivity contribution in [2.45, 2.75) is 52.4 Å². The summed E-state index contributed by atoms with van der Waals surface area (Å²) in [5.41, 5.74) is 4.40. The summed E-state index contributed by atoms with van der Waals surface area (Å²) in [6.45, 7) is 13.3. The van der Waals surface area contributed by atoms with Crippen molar-refractivity contribution in [3.05, 3.63) is 16.7 Å². The molecule has 2 rings (SSSR count). The molecule has 0 spiro atoms. The first kappa shape index (κ1) is 15.2. The standard InChI is InChI=1S/C16H24B2O2/c1-14(2)9-10(15(3,4)16(14,5)6)13(20)8(7-19)11(17)12(9)18/h7,20H,17-18H2,1-6H3. The minimum absolute atomic E-state index is 0.0154.